The van der Waals surface area contributed by atoms with Gasteiger partial charge in [-0.1, -0.05) is 36.4 Å². The maximum atomic E-state index is 13.8. The summed E-state index contributed by atoms with van der Waals surface area (Å²) in [5.74, 6) is -2.02. The van der Waals surface area contributed by atoms with E-state index in [2.05, 4.69) is 11.4 Å². The number of carbonyl (C=O) groups is 2. The highest BCUT2D eigenvalue weighted by Crippen LogP contribution is 2.39. The molecule has 3 aliphatic rings. The van der Waals surface area contributed by atoms with Gasteiger partial charge >= 0.3 is 12.1 Å². The van der Waals surface area contributed by atoms with Gasteiger partial charge in [-0.15, -0.1) is 0 Å². The van der Waals surface area contributed by atoms with Gasteiger partial charge < -0.3 is 15.0 Å². The Hall–Kier alpha value is -3.51. The molecule has 0 aromatic heterocycles. The van der Waals surface area contributed by atoms with Gasteiger partial charge in [0, 0.05) is 25.2 Å². The van der Waals surface area contributed by atoms with Crippen molar-refractivity contribution in [3.05, 3.63) is 71.3 Å². The van der Waals surface area contributed by atoms with Crippen molar-refractivity contribution >= 4 is 12.1 Å². The van der Waals surface area contributed by atoms with Crippen LogP contribution in [0.5, 0.6) is 0 Å². The van der Waals surface area contributed by atoms with Crippen molar-refractivity contribution in [2.45, 2.75) is 62.1 Å². The molecule has 2 aromatic rings. The fraction of sp³-hybridized carbons (Fsp3) is 0.464. The molecule has 5 rings (SSSR count). The molecule has 7 nitrogen and oxygen atoms in total. The molecule has 1 aliphatic carbocycles. The number of carbonyl (C=O) groups excluding carboxylic acids is 2. The van der Waals surface area contributed by atoms with Crippen LogP contribution in [-0.2, 0) is 10.2 Å². The zero-order valence-electron chi connectivity index (χ0n) is 20.5. The van der Waals surface area contributed by atoms with E-state index in [0.717, 1.165) is 61.1 Å². The van der Waals surface area contributed by atoms with Gasteiger partial charge in [-0.2, -0.15) is 5.26 Å². The van der Waals surface area contributed by atoms with Crippen molar-refractivity contribution < 1.29 is 23.1 Å². The summed E-state index contributed by atoms with van der Waals surface area (Å²) in [4.78, 5) is 28.2. The van der Waals surface area contributed by atoms with Crippen LogP contribution in [0.3, 0.4) is 0 Å². The van der Waals surface area contributed by atoms with Gasteiger partial charge in [0.1, 0.15) is 12.6 Å². The van der Waals surface area contributed by atoms with Crippen LogP contribution in [0.2, 0.25) is 0 Å². The summed E-state index contributed by atoms with van der Waals surface area (Å²) in [6.45, 7) is 0.857. The molecule has 37 heavy (non-hydrogen) atoms. The fourth-order valence-electron chi connectivity index (χ4n) is 5.82. The number of hydrogen-bond donors (Lipinski definition) is 1. The molecule has 2 heterocycles. The first-order chi connectivity index (χ1) is 17.9. The van der Waals surface area contributed by atoms with Crippen molar-refractivity contribution in [1.29, 1.82) is 5.26 Å². The lowest BCUT2D eigenvalue weighted by Gasteiger charge is -2.40. The summed E-state index contributed by atoms with van der Waals surface area (Å²) < 4.78 is 32.2. The van der Waals surface area contributed by atoms with Crippen LogP contribution in [0.25, 0.3) is 0 Å². The highest BCUT2D eigenvalue weighted by atomic mass is 19.2. The second-order valence-electron chi connectivity index (χ2n) is 10.2. The van der Waals surface area contributed by atoms with Crippen LogP contribution in [0, 0.1) is 23.0 Å². The molecule has 2 aliphatic heterocycles. The third-order valence-corrected chi connectivity index (χ3v) is 8.02. The van der Waals surface area contributed by atoms with Gasteiger partial charge in [-0.3, -0.25) is 0 Å². The minimum Gasteiger partial charge on any atom is -0.446 e. The normalized spacial score (nSPS) is 26.6. The van der Waals surface area contributed by atoms with Crippen LogP contribution in [-0.4, -0.2) is 53.7 Å². The summed E-state index contributed by atoms with van der Waals surface area (Å²) in [6.07, 6.45) is 4.15. The number of halogens is 2. The number of piperidine rings is 1. The van der Waals surface area contributed by atoms with Crippen molar-refractivity contribution in [2.75, 3.05) is 19.7 Å². The zero-order valence-corrected chi connectivity index (χ0v) is 20.5. The van der Waals surface area contributed by atoms with Gasteiger partial charge in [0.25, 0.3) is 0 Å². The highest BCUT2D eigenvalue weighted by molar-refractivity contribution is 5.92. The Labute approximate surface area is 215 Å². The Bertz CT molecular complexity index is 1190. The third-order valence-electron chi connectivity index (χ3n) is 8.02. The van der Waals surface area contributed by atoms with Gasteiger partial charge in [-0.05, 0) is 61.8 Å². The maximum absolute atomic E-state index is 13.8. The fourth-order valence-corrected chi connectivity index (χ4v) is 5.82. The number of amides is 3. The average Bonchev–Trinajstić information content (AvgIpc) is 3.32. The number of nitrogens with one attached hydrogen (secondary N) is 1. The monoisotopic (exact) mass is 508 g/mol. The van der Waals surface area contributed by atoms with E-state index in [1.165, 1.54) is 6.07 Å². The molecule has 1 atom stereocenters. The number of nitriles is 1. The maximum Gasteiger partial charge on any atom is 0.418 e. The SMILES string of the molecule is N#CC1(c2ccccc2)CCC(NC2CCN(C(=O)N3C(=O)OCC3c3ccc(F)c(F)c3)CC2)CC1. The molecular weight excluding hydrogens is 478 g/mol. The molecule has 9 heteroatoms. The van der Waals surface area contributed by atoms with Crippen molar-refractivity contribution in [2.24, 2.45) is 0 Å². The van der Waals surface area contributed by atoms with Crippen LogP contribution in [0.1, 0.15) is 55.7 Å². The number of urea groups is 1. The summed E-state index contributed by atoms with van der Waals surface area (Å²) >= 11 is 0. The average molecular weight is 509 g/mol. The van der Waals surface area contributed by atoms with Crippen molar-refractivity contribution in [3.8, 4) is 6.07 Å². The molecule has 3 amide bonds. The Balaban J connectivity index is 1.15. The number of ether oxygens (including phenoxy) is 1. The first-order valence-electron chi connectivity index (χ1n) is 12.8. The molecule has 1 saturated carbocycles. The molecular formula is C28H30F2N4O3. The smallest absolute Gasteiger partial charge is 0.418 e. The Morgan fingerprint density at radius 1 is 1.00 bits per heavy atom. The number of likely N-dealkylation sites (tertiary alicyclic amines) is 1. The van der Waals surface area contributed by atoms with Gasteiger partial charge in [0.05, 0.1) is 11.5 Å². The minimum absolute atomic E-state index is 0.0947. The standard InChI is InChI=1S/C28H30F2N4O3/c29-23-7-6-19(16-24(23)30)25-17-37-27(36)34(25)26(35)33-14-10-22(11-15-33)32-21-8-12-28(18-31,13-9-21)20-4-2-1-3-5-20/h1-7,16,21-22,25,32H,8-15,17H2. The second kappa shape index (κ2) is 10.5. The predicted molar refractivity (Wildman–Crippen MR) is 131 cm³/mol. The van der Waals surface area contributed by atoms with E-state index in [4.69, 9.17) is 4.74 Å². The van der Waals surface area contributed by atoms with E-state index in [0.29, 0.717) is 24.7 Å². The third kappa shape index (κ3) is 5.03. The summed E-state index contributed by atoms with van der Waals surface area (Å²) in [7, 11) is 0. The van der Waals surface area contributed by atoms with E-state index in [-0.39, 0.29) is 12.6 Å². The van der Waals surface area contributed by atoms with Crippen molar-refractivity contribution in [3.63, 3.8) is 0 Å². The number of rotatable bonds is 4. The molecule has 194 valence electrons. The van der Waals surface area contributed by atoms with E-state index in [1.54, 1.807) is 4.90 Å². The Kier molecular flexibility index (Phi) is 7.11. The lowest BCUT2D eigenvalue weighted by atomic mass is 9.69. The first-order valence-corrected chi connectivity index (χ1v) is 12.8. The van der Waals surface area contributed by atoms with Gasteiger partial charge in [-0.25, -0.2) is 23.3 Å². The molecule has 0 spiro atoms. The van der Waals surface area contributed by atoms with E-state index >= 15 is 0 Å². The van der Waals surface area contributed by atoms with E-state index in [1.807, 2.05) is 30.3 Å². The van der Waals surface area contributed by atoms with Crippen LogP contribution < -0.4 is 5.32 Å². The molecule has 2 saturated heterocycles. The predicted octanol–water partition coefficient (Wildman–Crippen LogP) is 5.04. The Morgan fingerprint density at radius 3 is 2.32 bits per heavy atom. The van der Waals surface area contributed by atoms with Gasteiger partial charge in [0.15, 0.2) is 11.6 Å². The molecule has 1 N–H and O–H groups in total. The van der Waals surface area contributed by atoms with Crippen LogP contribution in [0.15, 0.2) is 48.5 Å². The molecule has 0 radical (unpaired) electrons. The first kappa shape index (κ1) is 25.2. The zero-order chi connectivity index (χ0) is 26.0. The number of hydrogen-bond acceptors (Lipinski definition) is 5. The summed E-state index contributed by atoms with van der Waals surface area (Å²) in [6, 6.07) is 15.2. The van der Waals surface area contributed by atoms with E-state index < -0.39 is 35.2 Å². The van der Waals surface area contributed by atoms with Crippen LogP contribution >= 0.6 is 0 Å². The number of benzene rings is 2. The topological polar surface area (TPSA) is 85.7 Å². The molecule has 2 aromatic carbocycles. The second-order valence-corrected chi connectivity index (χ2v) is 10.2. The van der Waals surface area contributed by atoms with E-state index in [9.17, 15) is 23.6 Å². The largest absolute Gasteiger partial charge is 0.446 e. The number of nitrogens with zero attached hydrogens (tertiary/aromatic N) is 3. The van der Waals surface area contributed by atoms with Crippen LogP contribution in [0.4, 0.5) is 18.4 Å². The summed E-state index contributed by atoms with van der Waals surface area (Å²) in [5.41, 5.74) is 0.976. The lowest BCUT2D eigenvalue weighted by Crippen LogP contribution is -2.52. The number of cyclic esters (lactones) is 1. The number of imide groups is 1. The minimum atomic E-state index is -1.03. The lowest BCUT2D eigenvalue weighted by molar-refractivity contribution is 0.128. The van der Waals surface area contributed by atoms with Gasteiger partial charge in [0.2, 0.25) is 0 Å². The molecule has 1 unspecified atom stereocenters. The molecule has 3 fully saturated rings. The summed E-state index contributed by atoms with van der Waals surface area (Å²) in [5, 5.41) is 13.7. The molecule has 0 bridgehead atoms. The Morgan fingerprint density at radius 2 is 1.68 bits per heavy atom. The highest BCUT2D eigenvalue weighted by Gasteiger charge is 2.42. The van der Waals surface area contributed by atoms with Crippen molar-refractivity contribution in [1.82, 2.24) is 15.1 Å². The quantitative estimate of drug-likeness (QED) is 0.626.